The zero-order valence-electron chi connectivity index (χ0n) is 15.7. The first-order chi connectivity index (χ1) is 13.9. The minimum Gasteiger partial charge on any atom is -0.298 e. The molecule has 2 heterocycles. The van der Waals surface area contributed by atoms with E-state index < -0.39 is 12.0 Å². The van der Waals surface area contributed by atoms with Crippen molar-refractivity contribution in [2.75, 3.05) is 0 Å². The van der Waals surface area contributed by atoms with Gasteiger partial charge in [-0.2, -0.15) is 0 Å². The molecular weight excluding hydrogens is 392 g/mol. The van der Waals surface area contributed by atoms with Gasteiger partial charge in [-0.15, -0.1) is 0 Å². The van der Waals surface area contributed by atoms with Gasteiger partial charge >= 0.3 is 0 Å². The molecule has 0 aliphatic heterocycles. The molecule has 1 N–H and O–H groups in total. The van der Waals surface area contributed by atoms with Crippen molar-refractivity contribution in [2.24, 2.45) is 0 Å². The molecule has 0 aliphatic carbocycles. The lowest BCUT2D eigenvalue weighted by Gasteiger charge is -2.16. The molecule has 0 radical (unpaired) electrons. The van der Waals surface area contributed by atoms with Crippen LogP contribution in [0.5, 0.6) is 0 Å². The first kappa shape index (κ1) is 19.1. The van der Waals surface area contributed by atoms with Crippen LogP contribution in [0.2, 0.25) is 0 Å². The van der Waals surface area contributed by atoms with Gasteiger partial charge in [-0.3, -0.25) is 14.3 Å². The van der Waals surface area contributed by atoms with Crippen molar-refractivity contribution in [3.05, 3.63) is 86.4 Å². The van der Waals surface area contributed by atoms with E-state index in [0.29, 0.717) is 16.9 Å². The van der Waals surface area contributed by atoms with Gasteiger partial charge < -0.3 is 0 Å². The summed E-state index contributed by atoms with van der Waals surface area (Å²) in [7, 11) is 0. The smallest absolute Gasteiger partial charge is 0.264 e. The summed E-state index contributed by atoms with van der Waals surface area (Å²) in [6.45, 7) is 3.82. The largest absolute Gasteiger partial charge is 0.298 e. The van der Waals surface area contributed by atoms with Gasteiger partial charge in [-0.25, -0.2) is 13.8 Å². The van der Waals surface area contributed by atoms with Crippen molar-refractivity contribution < 1.29 is 8.78 Å². The van der Waals surface area contributed by atoms with E-state index in [0.717, 1.165) is 11.1 Å². The number of hydrogen-bond donors (Lipinski definition) is 1. The molecule has 4 aromatic rings. The Balaban J connectivity index is 2.20. The van der Waals surface area contributed by atoms with Gasteiger partial charge in [0.05, 0.1) is 16.8 Å². The molecule has 0 atom stereocenters. The third-order valence-corrected chi connectivity index (χ3v) is 5.09. The molecular formula is C22H17F2N3OS. The van der Waals surface area contributed by atoms with Gasteiger partial charge in [0, 0.05) is 11.1 Å². The van der Waals surface area contributed by atoms with Crippen LogP contribution in [0.4, 0.5) is 8.78 Å². The molecule has 2 aromatic heterocycles. The summed E-state index contributed by atoms with van der Waals surface area (Å²) in [6.07, 6.45) is -2.84. The van der Waals surface area contributed by atoms with Crippen molar-refractivity contribution >= 4 is 23.3 Å². The summed E-state index contributed by atoms with van der Waals surface area (Å²) in [5.74, 6) is 0. The lowest BCUT2D eigenvalue weighted by molar-refractivity contribution is 0.153. The number of benzene rings is 2. The average molecular weight is 409 g/mol. The molecule has 4 rings (SSSR count). The molecule has 4 nitrogen and oxygen atoms in total. The number of nitrogens with zero attached hydrogens (tertiary/aromatic N) is 2. The van der Waals surface area contributed by atoms with Gasteiger partial charge in [0.25, 0.3) is 12.0 Å². The summed E-state index contributed by atoms with van der Waals surface area (Å²) in [5.41, 5.74) is 2.64. The maximum atomic E-state index is 13.9. The van der Waals surface area contributed by atoms with E-state index in [9.17, 15) is 13.6 Å². The maximum Gasteiger partial charge on any atom is 0.264 e. The van der Waals surface area contributed by atoms with Crippen molar-refractivity contribution in [1.82, 2.24) is 14.5 Å². The molecule has 0 unspecified atom stereocenters. The Bertz CT molecular complexity index is 1340. The molecule has 0 aliphatic rings. The first-order valence-electron chi connectivity index (χ1n) is 8.98. The minimum absolute atomic E-state index is 0.106. The van der Waals surface area contributed by atoms with E-state index >= 15 is 0 Å². The number of aromatic nitrogens is 3. The number of pyridine rings is 1. The van der Waals surface area contributed by atoms with Gasteiger partial charge in [0.2, 0.25) is 0 Å². The van der Waals surface area contributed by atoms with Crippen LogP contribution < -0.4 is 5.56 Å². The monoisotopic (exact) mass is 409 g/mol. The van der Waals surface area contributed by atoms with Crippen molar-refractivity contribution in [1.29, 1.82) is 0 Å². The van der Waals surface area contributed by atoms with Crippen LogP contribution in [0.15, 0.2) is 59.4 Å². The second-order valence-electron chi connectivity index (χ2n) is 6.85. The third kappa shape index (κ3) is 3.38. The fraction of sp³-hybridized carbons (Fsp3) is 0.136. The number of aromatic amines is 1. The molecule has 0 fully saturated rings. The predicted octanol–water partition coefficient (Wildman–Crippen LogP) is 5.66. The summed E-state index contributed by atoms with van der Waals surface area (Å²) in [4.78, 5) is 19.7. The first-order valence-corrected chi connectivity index (χ1v) is 9.39. The van der Waals surface area contributed by atoms with Crippen LogP contribution in [-0.2, 0) is 0 Å². The van der Waals surface area contributed by atoms with Crippen molar-refractivity contribution in [3.8, 4) is 16.9 Å². The number of alkyl halides is 2. The lowest BCUT2D eigenvalue weighted by Crippen LogP contribution is -2.17. The Morgan fingerprint density at radius 3 is 2.48 bits per heavy atom. The molecule has 2 aromatic carbocycles. The zero-order chi connectivity index (χ0) is 20.7. The fourth-order valence-corrected chi connectivity index (χ4v) is 3.65. The number of hydrogen-bond acceptors (Lipinski definition) is 3. The van der Waals surface area contributed by atoms with E-state index in [1.165, 1.54) is 6.07 Å². The fourth-order valence-electron chi connectivity index (χ4n) is 3.37. The van der Waals surface area contributed by atoms with E-state index in [-0.39, 0.29) is 21.4 Å². The minimum atomic E-state index is -2.84. The molecule has 0 bridgehead atoms. The van der Waals surface area contributed by atoms with E-state index in [2.05, 4.69) is 9.97 Å². The van der Waals surface area contributed by atoms with Gasteiger partial charge in [-0.1, -0.05) is 42.5 Å². The Morgan fingerprint density at radius 2 is 1.79 bits per heavy atom. The third-order valence-electron chi connectivity index (χ3n) is 4.80. The summed E-state index contributed by atoms with van der Waals surface area (Å²) >= 11 is 5.40. The average Bonchev–Trinajstić information content (AvgIpc) is 2.70. The van der Waals surface area contributed by atoms with Crippen molar-refractivity contribution in [2.45, 2.75) is 20.3 Å². The van der Waals surface area contributed by atoms with Crippen LogP contribution in [0.3, 0.4) is 0 Å². The number of aryl methyl sites for hydroxylation is 2. The summed E-state index contributed by atoms with van der Waals surface area (Å²) in [5, 5.41) is -0.158. The van der Waals surface area contributed by atoms with E-state index in [1.54, 1.807) is 28.8 Å². The maximum absolute atomic E-state index is 13.9. The molecule has 29 heavy (non-hydrogen) atoms. The highest BCUT2D eigenvalue weighted by Crippen LogP contribution is 2.31. The molecule has 7 heteroatoms. The highest BCUT2D eigenvalue weighted by molar-refractivity contribution is 7.71. The second-order valence-corrected chi connectivity index (χ2v) is 7.23. The number of fused-ring (bicyclic) bond motifs is 1. The van der Waals surface area contributed by atoms with Gasteiger partial charge in [0.15, 0.2) is 10.4 Å². The topological polar surface area (TPSA) is 50.7 Å². The van der Waals surface area contributed by atoms with Crippen molar-refractivity contribution in [3.63, 3.8) is 0 Å². The number of rotatable bonds is 3. The molecule has 0 amide bonds. The van der Waals surface area contributed by atoms with Crippen LogP contribution in [0.25, 0.3) is 28.0 Å². The number of H-pyrrole nitrogens is 1. The van der Waals surface area contributed by atoms with Gasteiger partial charge in [-0.05, 0) is 49.3 Å². The van der Waals surface area contributed by atoms with E-state index in [4.69, 9.17) is 12.2 Å². The second kappa shape index (κ2) is 7.33. The predicted molar refractivity (Wildman–Crippen MR) is 112 cm³/mol. The van der Waals surface area contributed by atoms with Crippen LogP contribution in [0, 0.1) is 18.6 Å². The molecule has 0 saturated heterocycles. The lowest BCUT2D eigenvalue weighted by atomic mass is 10.1. The van der Waals surface area contributed by atoms with E-state index in [1.807, 2.05) is 38.1 Å². The molecule has 146 valence electrons. The number of halogens is 2. The summed E-state index contributed by atoms with van der Waals surface area (Å²) < 4.78 is 29.5. The highest BCUT2D eigenvalue weighted by atomic mass is 32.1. The normalized spacial score (nSPS) is 11.3. The number of nitrogens with one attached hydrogen (secondary N) is 1. The SMILES string of the molecule is Cc1ccc(C)c(-n2c(=S)[nH]c(=O)c3c(C(F)F)cc(-c4ccccc4)nc32)c1. The van der Waals surface area contributed by atoms with Crippen LogP contribution in [0.1, 0.15) is 23.1 Å². The Hall–Kier alpha value is -3.19. The Labute approximate surface area is 170 Å². The van der Waals surface area contributed by atoms with Gasteiger partial charge in [0.1, 0.15) is 0 Å². The zero-order valence-corrected chi connectivity index (χ0v) is 16.6. The summed E-state index contributed by atoms with van der Waals surface area (Å²) in [6, 6.07) is 16.0. The molecule has 0 saturated carbocycles. The molecule has 0 spiro atoms. The van der Waals surface area contributed by atoms with Crippen LogP contribution in [-0.4, -0.2) is 14.5 Å². The Kier molecular flexibility index (Phi) is 4.84. The highest BCUT2D eigenvalue weighted by Gasteiger charge is 2.21. The standard InChI is InChI=1S/C22H17F2N3OS/c1-12-8-9-13(2)17(10-12)27-20-18(21(28)26-22(27)29)15(19(23)24)11-16(25-20)14-6-4-3-5-7-14/h3-11,19H,1-2H3,(H,26,28,29). The quantitative estimate of drug-likeness (QED) is 0.444. The van der Waals surface area contributed by atoms with Crippen LogP contribution >= 0.6 is 12.2 Å². The Morgan fingerprint density at radius 1 is 1.07 bits per heavy atom.